The molecule has 2 aromatic rings. The number of aromatic nitrogens is 1. The Morgan fingerprint density at radius 1 is 1.22 bits per heavy atom. The second kappa shape index (κ2) is 4.41. The third-order valence-corrected chi connectivity index (χ3v) is 3.05. The maximum Gasteiger partial charge on any atom is 0.420 e. The Morgan fingerprint density at radius 2 is 1.83 bits per heavy atom. The predicted molar refractivity (Wildman–Crippen MR) is 59.5 cm³/mol. The molecule has 0 aliphatic heterocycles. The van der Waals surface area contributed by atoms with E-state index in [4.69, 9.17) is 5.11 Å². The molecule has 0 aliphatic rings. The van der Waals surface area contributed by atoms with E-state index in [1.807, 2.05) is 0 Å². The number of carboxylic acid groups (broad SMARTS) is 1. The third-order valence-electron chi connectivity index (χ3n) is 2.22. The van der Waals surface area contributed by atoms with Gasteiger partial charge in [0.25, 0.3) is 0 Å². The molecule has 0 saturated heterocycles. The highest BCUT2D eigenvalue weighted by molar-refractivity contribution is 7.08. The van der Waals surface area contributed by atoms with Crippen LogP contribution in [0.3, 0.4) is 0 Å². The fourth-order valence-corrected chi connectivity index (χ4v) is 2.25. The molecule has 0 spiro atoms. The molecule has 0 saturated carbocycles. The fourth-order valence-electron chi connectivity index (χ4n) is 1.49. The molecule has 0 radical (unpaired) electrons. The van der Waals surface area contributed by atoms with Crippen LogP contribution in [0.4, 0.5) is 13.2 Å². The Labute approximate surface area is 104 Å². The highest BCUT2D eigenvalue weighted by atomic mass is 32.1. The Balaban J connectivity index is 2.67. The Bertz CT molecular complexity index is 578. The first kappa shape index (κ1) is 12.6. The minimum atomic E-state index is -4.74. The number of benzene rings is 1. The largest absolute Gasteiger partial charge is 0.477 e. The first-order valence-electron chi connectivity index (χ1n) is 4.77. The Morgan fingerprint density at radius 3 is 2.33 bits per heavy atom. The molecular weight excluding hydrogens is 267 g/mol. The molecular formula is C11H6F3NO2S. The summed E-state index contributed by atoms with van der Waals surface area (Å²) in [6.07, 6.45) is -4.74. The molecule has 1 heterocycles. The molecule has 18 heavy (non-hydrogen) atoms. The van der Waals surface area contributed by atoms with Crippen molar-refractivity contribution in [3.05, 3.63) is 40.8 Å². The molecule has 1 aromatic heterocycles. The van der Waals surface area contributed by atoms with Crippen LogP contribution >= 0.6 is 11.5 Å². The van der Waals surface area contributed by atoms with Crippen LogP contribution in [0.1, 0.15) is 15.2 Å². The highest BCUT2D eigenvalue weighted by Crippen LogP contribution is 2.40. The van der Waals surface area contributed by atoms with Crippen LogP contribution in [0.15, 0.2) is 30.3 Å². The number of rotatable bonds is 2. The Hall–Kier alpha value is -1.89. The van der Waals surface area contributed by atoms with E-state index < -0.39 is 22.6 Å². The van der Waals surface area contributed by atoms with Crippen molar-refractivity contribution in [2.45, 2.75) is 6.18 Å². The molecule has 1 N–H and O–H groups in total. The maximum absolute atomic E-state index is 12.9. The maximum atomic E-state index is 12.9. The molecule has 0 unspecified atom stereocenters. The molecule has 1 aromatic carbocycles. The predicted octanol–water partition coefficient (Wildman–Crippen LogP) is 3.53. The van der Waals surface area contributed by atoms with Crippen LogP contribution < -0.4 is 0 Å². The number of hydrogen-bond donors (Lipinski definition) is 1. The van der Waals surface area contributed by atoms with E-state index in [-0.39, 0.29) is 11.3 Å². The number of carboxylic acids is 1. The van der Waals surface area contributed by atoms with Crippen molar-refractivity contribution in [1.82, 2.24) is 4.37 Å². The van der Waals surface area contributed by atoms with Gasteiger partial charge in [0, 0.05) is 5.56 Å². The standard InChI is InChI=1S/C11H6F3NO2S/c12-11(13,14)7-8(6-4-2-1-3-5-6)15-18-9(7)10(16)17/h1-5H,(H,16,17). The quantitative estimate of drug-likeness (QED) is 0.910. The zero-order chi connectivity index (χ0) is 13.3. The van der Waals surface area contributed by atoms with Crippen molar-refractivity contribution < 1.29 is 23.1 Å². The molecule has 0 atom stereocenters. The van der Waals surface area contributed by atoms with Crippen LogP contribution in [-0.4, -0.2) is 15.4 Å². The first-order valence-corrected chi connectivity index (χ1v) is 5.54. The molecule has 0 amide bonds. The summed E-state index contributed by atoms with van der Waals surface area (Å²) >= 11 is 0.336. The molecule has 3 nitrogen and oxygen atoms in total. The number of alkyl halides is 3. The van der Waals surface area contributed by atoms with Crippen molar-refractivity contribution in [1.29, 1.82) is 0 Å². The topological polar surface area (TPSA) is 50.2 Å². The van der Waals surface area contributed by atoms with Gasteiger partial charge in [-0.15, -0.1) is 0 Å². The number of aromatic carboxylic acids is 1. The summed E-state index contributed by atoms with van der Waals surface area (Å²) < 4.78 is 42.3. The molecule has 94 valence electrons. The lowest BCUT2D eigenvalue weighted by atomic mass is 10.1. The van der Waals surface area contributed by atoms with Gasteiger partial charge in [-0.2, -0.15) is 17.5 Å². The van der Waals surface area contributed by atoms with Gasteiger partial charge in [0.15, 0.2) is 0 Å². The average molecular weight is 273 g/mol. The van der Waals surface area contributed by atoms with Crippen LogP contribution in [0.2, 0.25) is 0 Å². The van der Waals surface area contributed by atoms with E-state index in [0.717, 1.165) is 0 Å². The van der Waals surface area contributed by atoms with Crippen molar-refractivity contribution in [2.24, 2.45) is 0 Å². The summed E-state index contributed by atoms with van der Waals surface area (Å²) in [5.74, 6) is -1.62. The van der Waals surface area contributed by atoms with E-state index in [1.54, 1.807) is 18.2 Å². The van der Waals surface area contributed by atoms with Gasteiger partial charge >= 0.3 is 12.1 Å². The van der Waals surface area contributed by atoms with Gasteiger partial charge in [-0.1, -0.05) is 30.3 Å². The molecule has 7 heteroatoms. The molecule has 0 fully saturated rings. The van der Waals surface area contributed by atoms with E-state index in [0.29, 0.717) is 11.5 Å². The van der Waals surface area contributed by atoms with Gasteiger partial charge in [0.05, 0.1) is 5.69 Å². The number of carbonyl (C=O) groups is 1. The average Bonchev–Trinajstić information content (AvgIpc) is 2.74. The molecule has 0 bridgehead atoms. The lowest BCUT2D eigenvalue weighted by Gasteiger charge is -2.08. The minimum Gasteiger partial charge on any atom is -0.477 e. The summed E-state index contributed by atoms with van der Waals surface area (Å²) in [4.78, 5) is 9.99. The summed E-state index contributed by atoms with van der Waals surface area (Å²) in [5, 5.41) is 8.76. The zero-order valence-electron chi connectivity index (χ0n) is 8.73. The van der Waals surface area contributed by atoms with Crippen LogP contribution in [0, 0.1) is 0 Å². The van der Waals surface area contributed by atoms with Crippen LogP contribution in [-0.2, 0) is 6.18 Å². The number of nitrogens with zero attached hydrogens (tertiary/aromatic N) is 1. The van der Waals surface area contributed by atoms with Gasteiger partial charge in [0.2, 0.25) is 0 Å². The lowest BCUT2D eigenvalue weighted by Crippen LogP contribution is -2.11. The molecule has 0 aliphatic carbocycles. The minimum absolute atomic E-state index is 0.244. The lowest BCUT2D eigenvalue weighted by molar-refractivity contribution is -0.137. The summed E-state index contributed by atoms with van der Waals surface area (Å²) in [5.41, 5.74) is -1.29. The summed E-state index contributed by atoms with van der Waals surface area (Å²) in [7, 11) is 0. The fraction of sp³-hybridized carbons (Fsp3) is 0.0909. The van der Waals surface area contributed by atoms with Gasteiger partial charge in [-0.3, -0.25) is 0 Å². The van der Waals surface area contributed by atoms with Crippen molar-refractivity contribution in [2.75, 3.05) is 0 Å². The van der Waals surface area contributed by atoms with E-state index in [2.05, 4.69) is 4.37 Å². The van der Waals surface area contributed by atoms with E-state index in [9.17, 15) is 18.0 Å². The van der Waals surface area contributed by atoms with Gasteiger partial charge in [0.1, 0.15) is 10.4 Å². The SMILES string of the molecule is O=C(O)c1snc(-c2ccccc2)c1C(F)(F)F. The first-order chi connectivity index (χ1) is 8.41. The summed E-state index contributed by atoms with van der Waals surface area (Å²) in [6, 6.07) is 7.69. The number of hydrogen-bond acceptors (Lipinski definition) is 3. The Kier molecular flexibility index (Phi) is 3.08. The van der Waals surface area contributed by atoms with E-state index >= 15 is 0 Å². The smallest absolute Gasteiger partial charge is 0.420 e. The zero-order valence-corrected chi connectivity index (χ0v) is 9.55. The highest BCUT2D eigenvalue weighted by Gasteiger charge is 2.41. The van der Waals surface area contributed by atoms with Crippen molar-refractivity contribution >= 4 is 17.5 Å². The van der Waals surface area contributed by atoms with Crippen LogP contribution in [0.5, 0.6) is 0 Å². The van der Waals surface area contributed by atoms with Crippen LogP contribution in [0.25, 0.3) is 11.3 Å². The summed E-state index contributed by atoms with van der Waals surface area (Å²) in [6.45, 7) is 0. The molecule has 2 rings (SSSR count). The third kappa shape index (κ3) is 2.21. The number of halogens is 3. The monoisotopic (exact) mass is 273 g/mol. The second-order valence-corrected chi connectivity index (χ2v) is 4.18. The van der Waals surface area contributed by atoms with Gasteiger partial charge in [-0.05, 0) is 11.5 Å². The van der Waals surface area contributed by atoms with Crippen molar-refractivity contribution in [3.63, 3.8) is 0 Å². The second-order valence-electron chi connectivity index (χ2n) is 3.40. The van der Waals surface area contributed by atoms with E-state index in [1.165, 1.54) is 12.1 Å². The van der Waals surface area contributed by atoms with Crippen molar-refractivity contribution in [3.8, 4) is 11.3 Å². The normalized spacial score (nSPS) is 11.5. The van der Waals surface area contributed by atoms with Gasteiger partial charge in [-0.25, -0.2) is 4.79 Å². The van der Waals surface area contributed by atoms with Gasteiger partial charge < -0.3 is 5.11 Å².